The van der Waals surface area contributed by atoms with Crippen molar-refractivity contribution in [3.05, 3.63) is 29.7 Å². The van der Waals surface area contributed by atoms with Crippen molar-refractivity contribution in [3.63, 3.8) is 0 Å². The Morgan fingerprint density at radius 2 is 2.12 bits per heavy atom. The van der Waals surface area contributed by atoms with Crippen LogP contribution in [0.5, 0.6) is 0 Å². The summed E-state index contributed by atoms with van der Waals surface area (Å²) in [6.45, 7) is 1.22. The van der Waals surface area contributed by atoms with E-state index in [0.717, 1.165) is 6.20 Å². The maximum Gasteiger partial charge on any atom is 0.434 e. The smallest absolute Gasteiger partial charge is 0.360 e. The van der Waals surface area contributed by atoms with E-state index in [4.69, 9.17) is 0 Å². The van der Waals surface area contributed by atoms with E-state index in [1.54, 1.807) is 0 Å². The molecule has 84 valence electrons. The molecule has 0 aliphatic carbocycles. The zero-order valence-corrected chi connectivity index (χ0v) is 8.22. The van der Waals surface area contributed by atoms with E-state index in [0.29, 0.717) is 0 Å². The lowest BCUT2D eigenvalue weighted by Gasteiger charge is -2.07. The summed E-state index contributed by atoms with van der Waals surface area (Å²) in [6, 6.07) is 1.40. The molecule has 1 N–H and O–H groups in total. The van der Waals surface area contributed by atoms with Gasteiger partial charge in [0, 0.05) is 28.9 Å². The molecule has 2 rings (SSSR count). The molecule has 0 saturated heterocycles. The van der Waals surface area contributed by atoms with Gasteiger partial charge in [0.25, 0.3) is 0 Å². The lowest BCUT2D eigenvalue weighted by atomic mass is 10.1. The van der Waals surface area contributed by atoms with Gasteiger partial charge in [-0.05, 0) is 13.0 Å². The van der Waals surface area contributed by atoms with Gasteiger partial charge in [-0.3, -0.25) is 9.78 Å². The summed E-state index contributed by atoms with van der Waals surface area (Å²) < 4.78 is 38.0. The first-order valence-electron chi connectivity index (χ1n) is 4.45. The minimum Gasteiger partial charge on any atom is -0.360 e. The predicted molar refractivity (Wildman–Crippen MR) is 51.1 cm³/mol. The SMILES string of the molecule is CC(=O)c1c[nH]c2ccnc(C(F)(F)F)c12. The number of carbonyl (C=O) groups is 1. The molecule has 0 amide bonds. The maximum absolute atomic E-state index is 12.7. The van der Waals surface area contributed by atoms with Gasteiger partial charge < -0.3 is 4.98 Å². The van der Waals surface area contributed by atoms with Crippen molar-refractivity contribution >= 4 is 16.7 Å². The third-order valence-corrected chi connectivity index (χ3v) is 2.24. The summed E-state index contributed by atoms with van der Waals surface area (Å²) in [5, 5.41) is -0.164. The van der Waals surface area contributed by atoms with E-state index >= 15 is 0 Å². The number of hydrogen-bond acceptors (Lipinski definition) is 2. The summed E-state index contributed by atoms with van der Waals surface area (Å²) in [4.78, 5) is 17.1. The first kappa shape index (κ1) is 10.7. The molecule has 0 bridgehead atoms. The molecule has 0 atom stereocenters. The number of ketones is 1. The largest absolute Gasteiger partial charge is 0.434 e. The zero-order chi connectivity index (χ0) is 11.9. The molecule has 0 saturated carbocycles. The molecule has 0 radical (unpaired) electrons. The third-order valence-electron chi connectivity index (χ3n) is 2.24. The van der Waals surface area contributed by atoms with Crippen LogP contribution < -0.4 is 0 Å². The Morgan fingerprint density at radius 1 is 1.44 bits per heavy atom. The molecule has 0 aromatic carbocycles. The zero-order valence-electron chi connectivity index (χ0n) is 8.22. The van der Waals surface area contributed by atoms with Gasteiger partial charge >= 0.3 is 6.18 Å². The van der Waals surface area contributed by atoms with Crippen molar-refractivity contribution in [2.24, 2.45) is 0 Å². The van der Waals surface area contributed by atoms with Crippen molar-refractivity contribution in [1.82, 2.24) is 9.97 Å². The quantitative estimate of drug-likeness (QED) is 0.763. The number of aromatic nitrogens is 2. The van der Waals surface area contributed by atoms with Crippen LogP contribution in [0.2, 0.25) is 0 Å². The molecule has 0 unspecified atom stereocenters. The van der Waals surface area contributed by atoms with Crippen LogP contribution in [0.4, 0.5) is 13.2 Å². The maximum atomic E-state index is 12.7. The van der Waals surface area contributed by atoms with Gasteiger partial charge in [0.2, 0.25) is 0 Å². The number of carbonyl (C=O) groups excluding carboxylic acids is 1. The summed E-state index contributed by atoms with van der Waals surface area (Å²) in [5.74, 6) is -0.426. The molecule has 16 heavy (non-hydrogen) atoms. The highest BCUT2D eigenvalue weighted by molar-refractivity contribution is 6.07. The summed E-state index contributed by atoms with van der Waals surface area (Å²) >= 11 is 0. The van der Waals surface area contributed by atoms with E-state index in [2.05, 4.69) is 9.97 Å². The molecule has 0 aliphatic heterocycles. The van der Waals surface area contributed by atoms with Crippen LogP contribution in [-0.4, -0.2) is 15.8 Å². The Morgan fingerprint density at radius 3 is 2.69 bits per heavy atom. The third kappa shape index (κ3) is 1.56. The average Bonchev–Trinajstić information content (AvgIpc) is 2.58. The van der Waals surface area contributed by atoms with Crippen LogP contribution >= 0.6 is 0 Å². The first-order chi connectivity index (χ1) is 7.41. The van der Waals surface area contributed by atoms with Gasteiger partial charge in [-0.15, -0.1) is 0 Å². The van der Waals surface area contributed by atoms with E-state index in [1.165, 1.54) is 19.2 Å². The molecule has 2 aromatic rings. The molecular formula is C10H7F3N2O. The topological polar surface area (TPSA) is 45.8 Å². The van der Waals surface area contributed by atoms with Gasteiger partial charge in [-0.25, -0.2) is 0 Å². The lowest BCUT2D eigenvalue weighted by Crippen LogP contribution is -2.09. The highest BCUT2D eigenvalue weighted by atomic mass is 19.4. The molecular weight excluding hydrogens is 221 g/mol. The lowest BCUT2D eigenvalue weighted by molar-refractivity contribution is -0.139. The summed E-state index contributed by atoms with van der Waals surface area (Å²) in [7, 11) is 0. The fourth-order valence-electron chi connectivity index (χ4n) is 1.57. The minimum atomic E-state index is -4.56. The van der Waals surface area contributed by atoms with Crippen LogP contribution in [0.3, 0.4) is 0 Å². The average molecular weight is 228 g/mol. The molecule has 0 fully saturated rings. The molecule has 3 nitrogen and oxygen atoms in total. The molecule has 0 spiro atoms. The fraction of sp³-hybridized carbons (Fsp3) is 0.200. The fourth-order valence-corrected chi connectivity index (χ4v) is 1.57. The van der Waals surface area contributed by atoms with Gasteiger partial charge in [-0.1, -0.05) is 0 Å². The number of Topliss-reactive ketones (excluding diaryl/α,β-unsaturated/α-hetero) is 1. The van der Waals surface area contributed by atoms with Crippen LogP contribution in [0.15, 0.2) is 18.5 Å². The van der Waals surface area contributed by atoms with Gasteiger partial charge in [0.05, 0.1) is 0 Å². The van der Waals surface area contributed by atoms with E-state index in [9.17, 15) is 18.0 Å². The van der Waals surface area contributed by atoms with Crippen LogP contribution in [0.1, 0.15) is 23.0 Å². The monoisotopic (exact) mass is 228 g/mol. The Kier molecular flexibility index (Phi) is 2.22. The standard InChI is InChI=1S/C10H7F3N2O/c1-5(16)6-4-15-7-2-3-14-9(8(6)7)10(11,12)13/h2-4,15H,1H3. The van der Waals surface area contributed by atoms with Crippen molar-refractivity contribution in [3.8, 4) is 0 Å². The number of nitrogens with one attached hydrogen (secondary N) is 1. The molecule has 2 heterocycles. The number of fused-ring (bicyclic) bond motifs is 1. The second-order valence-electron chi connectivity index (χ2n) is 3.34. The molecule has 6 heteroatoms. The van der Waals surface area contributed by atoms with Crippen molar-refractivity contribution in [2.75, 3.05) is 0 Å². The van der Waals surface area contributed by atoms with Crippen molar-refractivity contribution < 1.29 is 18.0 Å². The predicted octanol–water partition coefficient (Wildman–Crippen LogP) is 2.78. The summed E-state index contributed by atoms with van der Waals surface area (Å²) in [6.07, 6.45) is -2.23. The summed E-state index contributed by atoms with van der Waals surface area (Å²) in [5.41, 5.74) is -0.764. The van der Waals surface area contributed by atoms with Gasteiger partial charge in [0.1, 0.15) is 0 Å². The number of hydrogen-bond donors (Lipinski definition) is 1. The number of aromatic amines is 1. The van der Waals surface area contributed by atoms with Crippen molar-refractivity contribution in [2.45, 2.75) is 13.1 Å². The Labute approximate surface area is 88.3 Å². The molecule has 2 aromatic heterocycles. The van der Waals surface area contributed by atoms with Crippen LogP contribution in [-0.2, 0) is 6.18 Å². The van der Waals surface area contributed by atoms with E-state index in [1.807, 2.05) is 0 Å². The number of nitrogens with zero attached hydrogens (tertiary/aromatic N) is 1. The van der Waals surface area contributed by atoms with Crippen LogP contribution in [0.25, 0.3) is 10.9 Å². The Balaban J connectivity index is 2.84. The van der Waals surface area contributed by atoms with Crippen LogP contribution in [0, 0.1) is 0 Å². The van der Waals surface area contributed by atoms with Gasteiger partial charge in [0.15, 0.2) is 11.5 Å². The Hall–Kier alpha value is -1.85. The van der Waals surface area contributed by atoms with Crippen molar-refractivity contribution in [1.29, 1.82) is 0 Å². The van der Waals surface area contributed by atoms with Gasteiger partial charge in [-0.2, -0.15) is 13.2 Å². The number of H-pyrrole nitrogens is 1. The number of pyridine rings is 1. The first-order valence-corrected chi connectivity index (χ1v) is 4.45. The second kappa shape index (κ2) is 3.33. The number of halogens is 3. The Bertz CT molecular complexity index is 557. The minimum absolute atomic E-state index is 0.00965. The number of alkyl halides is 3. The normalized spacial score (nSPS) is 12.0. The highest BCUT2D eigenvalue weighted by Gasteiger charge is 2.36. The second-order valence-corrected chi connectivity index (χ2v) is 3.34. The number of rotatable bonds is 1. The highest BCUT2D eigenvalue weighted by Crippen LogP contribution is 2.34. The molecule has 0 aliphatic rings. The van der Waals surface area contributed by atoms with E-state index < -0.39 is 17.7 Å². The van der Waals surface area contributed by atoms with E-state index in [-0.39, 0.29) is 16.5 Å².